The van der Waals surface area contributed by atoms with Crippen molar-refractivity contribution in [1.82, 2.24) is 24.0 Å². The van der Waals surface area contributed by atoms with Gasteiger partial charge in [0.05, 0.1) is 12.9 Å². The number of carbonyl (C=O) groups excluding carboxylic acids is 1. The van der Waals surface area contributed by atoms with E-state index in [4.69, 9.17) is 0 Å². The van der Waals surface area contributed by atoms with Crippen molar-refractivity contribution in [3.05, 3.63) is 99.0 Å². The maximum atomic E-state index is 13.5. The number of aryl methyl sites for hydroxylation is 1. The number of imidazole rings is 1. The molecule has 4 aromatic rings. The van der Waals surface area contributed by atoms with E-state index in [-0.39, 0.29) is 31.0 Å². The molecule has 188 valence electrons. The summed E-state index contributed by atoms with van der Waals surface area (Å²) in [5.41, 5.74) is 1.74. The minimum Gasteiger partial charge on any atom is -0.352 e. The first kappa shape index (κ1) is 25.2. The smallest absolute Gasteiger partial charge is 0.333 e. The summed E-state index contributed by atoms with van der Waals surface area (Å²) in [6.45, 7) is 6.52. The molecule has 1 amide bonds. The number of hydrogen-bond donors (Lipinski definition) is 1. The van der Waals surface area contributed by atoms with Crippen molar-refractivity contribution in [2.75, 3.05) is 0 Å². The fourth-order valence-electron chi connectivity index (χ4n) is 4.38. The van der Waals surface area contributed by atoms with Gasteiger partial charge in [-0.05, 0) is 36.8 Å². The van der Waals surface area contributed by atoms with Gasteiger partial charge in [0.25, 0.3) is 5.56 Å². The Morgan fingerprint density at radius 2 is 1.56 bits per heavy atom. The molecule has 2 aromatic carbocycles. The number of aromatic nitrogens is 4. The van der Waals surface area contributed by atoms with Crippen molar-refractivity contribution >= 4 is 17.1 Å². The van der Waals surface area contributed by atoms with Crippen molar-refractivity contribution in [3.63, 3.8) is 0 Å². The van der Waals surface area contributed by atoms with Crippen molar-refractivity contribution in [1.29, 1.82) is 0 Å². The van der Waals surface area contributed by atoms with E-state index in [2.05, 4.69) is 36.3 Å². The van der Waals surface area contributed by atoms with Crippen LogP contribution in [-0.2, 0) is 30.8 Å². The number of carbonyl (C=O) groups is 1. The Kier molecular flexibility index (Phi) is 7.83. The van der Waals surface area contributed by atoms with Crippen LogP contribution in [0.2, 0.25) is 0 Å². The fraction of sp³-hybridized carbons (Fsp3) is 0.357. The number of nitrogens with zero attached hydrogens (tertiary/aromatic N) is 4. The summed E-state index contributed by atoms with van der Waals surface area (Å²) in [4.78, 5) is 44.3. The third-order valence-electron chi connectivity index (χ3n) is 6.15. The molecule has 8 nitrogen and oxygen atoms in total. The molecule has 0 aliphatic carbocycles. The lowest BCUT2D eigenvalue weighted by Gasteiger charge is -2.16. The second kappa shape index (κ2) is 11.2. The zero-order valence-electron chi connectivity index (χ0n) is 21.1. The lowest BCUT2D eigenvalue weighted by molar-refractivity contribution is -0.122. The van der Waals surface area contributed by atoms with Crippen molar-refractivity contribution in [2.45, 2.75) is 59.3 Å². The average Bonchev–Trinajstić information content (AvgIpc) is 3.27. The fourth-order valence-corrected chi connectivity index (χ4v) is 4.38. The van der Waals surface area contributed by atoms with Crippen LogP contribution in [-0.4, -0.2) is 30.6 Å². The number of hydrogen-bond acceptors (Lipinski definition) is 4. The highest BCUT2D eigenvalue weighted by molar-refractivity contribution is 5.77. The van der Waals surface area contributed by atoms with E-state index in [0.29, 0.717) is 17.7 Å². The molecule has 0 saturated carbocycles. The van der Waals surface area contributed by atoms with E-state index in [1.165, 1.54) is 10.1 Å². The van der Waals surface area contributed by atoms with Crippen LogP contribution < -0.4 is 16.6 Å². The monoisotopic (exact) mass is 487 g/mol. The molecule has 0 unspecified atom stereocenters. The van der Waals surface area contributed by atoms with E-state index >= 15 is 0 Å². The van der Waals surface area contributed by atoms with Gasteiger partial charge in [0.1, 0.15) is 6.54 Å². The van der Waals surface area contributed by atoms with E-state index in [1.54, 1.807) is 10.9 Å². The Balaban J connectivity index is 1.62. The molecule has 36 heavy (non-hydrogen) atoms. The average molecular weight is 488 g/mol. The SMILES string of the molecule is CC(C)Cn1cnc2c1c(=O)n(CC(=O)N[C@H](C)CCc1ccccc1)c(=O)n2Cc1ccccc1. The highest BCUT2D eigenvalue weighted by Crippen LogP contribution is 2.12. The Morgan fingerprint density at radius 1 is 0.917 bits per heavy atom. The maximum Gasteiger partial charge on any atom is 0.333 e. The summed E-state index contributed by atoms with van der Waals surface area (Å²) in [6, 6.07) is 19.5. The third-order valence-corrected chi connectivity index (χ3v) is 6.15. The maximum absolute atomic E-state index is 13.5. The summed E-state index contributed by atoms with van der Waals surface area (Å²) in [6.07, 6.45) is 3.18. The second-order valence-electron chi connectivity index (χ2n) is 9.70. The normalized spacial score (nSPS) is 12.2. The highest BCUT2D eigenvalue weighted by Gasteiger charge is 2.21. The molecular formula is C28H33N5O3. The zero-order chi connectivity index (χ0) is 25.7. The molecule has 0 bridgehead atoms. The van der Waals surface area contributed by atoms with E-state index in [0.717, 1.165) is 23.0 Å². The molecule has 0 spiro atoms. The number of fused-ring (bicyclic) bond motifs is 1. The zero-order valence-corrected chi connectivity index (χ0v) is 21.1. The van der Waals surface area contributed by atoms with Gasteiger partial charge in [-0.15, -0.1) is 0 Å². The van der Waals surface area contributed by atoms with E-state index in [1.807, 2.05) is 55.5 Å². The van der Waals surface area contributed by atoms with Gasteiger partial charge in [-0.1, -0.05) is 74.5 Å². The Labute approximate surface area is 210 Å². The quantitative estimate of drug-likeness (QED) is 0.372. The largest absolute Gasteiger partial charge is 0.352 e. The van der Waals surface area contributed by atoms with Crippen LogP contribution in [0.25, 0.3) is 11.2 Å². The first-order chi connectivity index (χ1) is 17.3. The van der Waals surface area contributed by atoms with Crippen LogP contribution >= 0.6 is 0 Å². The molecular weight excluding hydrogens is 454 g/mol. The number of rotatable bonds is 10. The van der Waals surface area contributed by atoms with Gasteiger partial charge in [0.2, 0.25) is 5.91 Å². The predicted octanol–water partition coefficient (Wildman–Crippen LogP) is 3.20. The molecule has 4 rings (SSSR count). The predicted molar refractivity (Wildman–Crippen MR) is 141 cm³/mol. The number of amides is 1. The summed E-state index contributed by atoms with van der Waals surface area (Å²) < 4.78 is 4.29. The molecule has 2 heterocycles. The summed E-state index contributed by atoms with van der Waals surface area (Å²) in [7, 11) is 0. The summed E-state index contributed by atoms with van der Waals surface area (Å²) >= 11 is 0. The minimum atomic E-state index is -0.543. The molecule has 1 atom stereocenters. The first-order valence-electron chi connectivity index (χ1n) is 12.4. The van der Waals surface area contributed by atoms with E-state index < -0.39 is 11.2 Å². The molecule has 0 fully saturated rings. The molecule has 2 aromatic heterocycles. The Bertz CT molecular complexity index is 1440. The molecule has 0 saturated heterocycles. The van der Waals surface area contributed by atoms with Gasteiger partial charge >= 0.3 is 5.69 Å². The topological polar surface area (TPSA) is 90.9 Å². The molecule has 0 aliphatic heterocycles. The lowest BCUT2D eigenvalue weighted by Crippen LogP contribution is -2.45. The van der Waals surface area contributed by atoms with E-state index in [9.17, 15) is 14.4 Å². The van der Waals surface area contributed by atoms with Crippen LogP contribution in [0.15, 0.2) is 76.6 Å². The molecule has 1 N–H and O–H groups in total. The second-order valence-corrected chi connectivity index (χ2v) is 9.70. The molecule has 0 aliphatic rings. The van der Waals surface area contributed by atoms with Crippen LogP contribution in [0.5, 0.6) is 0 Å². The summed E-state index contributed by atoms with van der Waals surface area (Å²) in [5, 5.41) is 2.94. The minimum absolute atomic E-state index is 0.102. The van der Waals surface area contributed by atoms with Gasteiger partial charge in [-0.25, -0.2) is 14.3 Å². The van der Waals surface area contributed by atoms with Crippen LogP contribution in [0.4, 0.5) is 0 Å². The van der Waals surface area contributed by atoms with Gasteiger partial charge in [0, 0.05) is 12.6 Å². The number of benzene rings is 2. The van der Waals surface area contributed by atoms with Crippen LogP contribution in [0.1, 0.15) is 38.3 Å². The molecule has 0 radical (unpaired) electrons. The third kappa shape index (κ3) is 5.82. The van der Waals surface area contributed by atoms with Crippen molar-refractivity contribution in [2.24, 2.45) is 5.92 Å². The van der Waals surface area contributed by atoms with Gasteiger partial charge in [-0.2, -0.15) is 0 Å². The van der Waals surface area contributed by atoms with Crippen LogP contribution in [0, 0.1) is 5.92 Å². The Hall–Kier alpha value is -3.94. The first-order valence-corrected chi connectivity index (χ1v) is 12.4. The van der Waals surface area contributed by atoms with Crippen molar-refractivity contribution in [3.8, 4) is 0 Å². The molecule has 8 heteroatoms. The summed E-state index contributed by atoms with van der Waals surface area (Å²) in [5.74, 6) is -0.0891. The van der Waals surface area contributed by atoms with Crippen molar-refractivity contribution < 1.29 is 4.79 Å². The van der Waals surface area contributed by atoms with Crippen LogP contribution in [0.3, 0.4) is 0 Å². The van der Waals surface area contributed by atoms with Gasteiger partial charge in [0.15, 0.2) is 11.2 Å². The number of nitrogens with one attached hydrogen (secondary N) is 1. The standard InChI is InChI=1S/C28H33N5O3/c1-20(2)16-31-19-29-26-25(31)27(35)33(28(36)32(26)17-23-12-8-5-9-13-23)18-24(34)30-21(3)14-15-22-10-6-4-7-11-22/h4-13,19-21H,14-18H2,1-3H3,(H,30,34)/t21-/m1/s1. The Morgan fingerprint density at radius 3 is 2.19 bits per heavy atom. The lowest BCUT2D eigenvalue weighted by atomic mass is 10.1. The highest BCUT2D eigenvalue weighted by atomic mass is 16.2. The van der Waals surface area contributed by atoms with Gasteiger partial charge < -0.3 is 9.88 Å². The van der Waals surface area contributed by atoms with Gasteiger partial charge in [-0.3, -0.25) is 14.2 Å².